The summed E-state index contributed by atoms with van der Waals surface area (Å²) in [6.45, 7) is 2.55. The topological polar surface area (TPSA) is 71.1 Å². The van der Waals surface area contributed by atoms with Crippen molar-refractivity contribution in [1.29, 1.82) is 5.26 Å². The fourth-order valence-electron chi connectivity index (χ4n) is 2.23. The Labute approximate surface area is 146 Å². The molecule has 25 heavy (non-hydrogen) atoms. The Kier molecular flexibility index (Phi) is 5.13. The van der Waals surface area contributed by atoms with Gasteiger partial charge in [0.05, 0.1) is 6.61 Å². The van der Waals surface area contributed by atoms with Gasteiger partial charge in [-0.05, 0) is 42.8 Å². The van der Waals surface area contributed by atoms with Crippen LogP contribution in [0.3, 0.4) is 0 Å². The zero-order chi connectivity index (χ0) is 17.5. The van der Waals surface area contributed by atoms with Crippen molar-refractivity contribution in [3.63, 3.8) is 0 Å². The van der Waals surface area contributed by atoms with Crippen LogP contribution < -0.4 is 10.1 Å². The van der Waals surface area contributed by atoms with Crippen molar-refractivity contribution in [1.82, 2.24) is 4.98 Å². The molecule has 3 rings (SSSR count). The molecule has 0 aliphatic carbocycles. The number of nitriles is 1. The molecule has 3 aromatic rings. The van der Waals surface area contributed by atoms with E-state index in [0.717, 1.165) is 17.0 Å². The van der Waals surface area contributed by atoms with Crippen LogP contribution in [0.15, 0.2) is 59.0 Å². The number of hydrogen-bond acceptors (Lipinski definition) is 5. The number of benzene rings is 2. The van der Waals surface area contributed by atoms with Gasteiger partial charge in [-0.2, -0.15) is 10.2 Å². The molecule has 0 saturated heterocycles. The number of hydrogen-bond donors (Lipinski definition) is 1. The SMILES string of the molecule is CCOc1ccc(Nc2oc(C=Cc3ccccc3)nc2C#N)cc1. The van der Waals surface area contributed by atoms with Gasteiger partial charge < -0.3 is 14.5 Å². The first kappa shape index (κ1) is 16.3. The molecule has 1 aromatic heterocycles. The van der Waals surface area contributed by atoms with E-state index in [2.05, 4.69) is 10.3 Å². The maximum Gasteiger partial charge on any atom is 0.236 e. The lowest BCUT2D eigenvalue weighted by Crippen LogP contribution is -1.93. The third-order valence-electron chi connectivity index (χ3n) is 3.39. The van der Waals surface area contributed by atoms with Gasteiger partial charge >= 0.3 is 0 Å². The van der Waals surface area contributed by atoms with E-state index in [9.17, 15) is 5.26 Å². The van der Waals surface area contributed by atoms with E-state index in [0.29, 0.717) is 18.4 Å². The zero-order valence-corrected chi connectivity index (χ0v) is 13.8. The van der Waals surface area contributed by atoms with Crippen LogP contribution >= 0.6 is 0 Å². The third-order valence-corrected chi connectivity index (χ3v) is 3.39. The van der Waals surface area contributed by atoms with Gasteiger partial charge in [0.25, 0.3) is 0 Å². The van der Waals surface area contributed by atoms with Crippen LogP contribution in [0.25, 0.3) is 12.2 Å². The van der Waals surface area contributed by atoms with Gasteiger partial charge in [-0.25, -0.2) is 0 Å². The summed E-state index contributed by atoms with van der Waals surface area (Å²) in [5.41, 5.74) is 2.02. The molecule has 0 aliphatic heterocycles. The van der Waals surface area contributed by atoms with Crippen molar-refractivity contribution in [3.8, 4) is 11.8 Å². The van der Waals surface area contributed by atoms with Crippen molar-refractivity contribution in [2.45, 2.75) is 6.92 Å². The van der Waals surface area contributed by atoms with Gasteiger partial charge in [0.1, 0.15) is 11.8 Å². The van der Waals surface area contributed by atoms with E-state index in [1.165, 1.54) is 0 Å². The lowest BCUT2D eigenvalue weighted by molar-refractivity contribution is 0.340. The number of anilines is 2. The normalized spacial score (nSPS) is 10.6. The molecule has 5 heteroatoms. The van der Waals surface area contributed by atoms with Crippen LogP contribution in [0.1, 0.15) is 24.1 Å². The van der Waals surface area contributed by atoms with Gasteiger partial charge in [-0.1, -0.05) is 30.3 Å². The van der Waals surface area contributed by atoms with Gasteiger partial charge in [-0.15, -0.1) is 0 Å². The standard InChI is InChI=1S/C20H17N3O2/c1-2-24-17-11-9-16(10-12-17)22-20-18(14-21)23-19(25-20)13-8-15-6-4-3-5-7-15/h3-13,22H,2H2,1H3. The lowest BCUT2D eigenvalue weighted by Gasteiger charge is -2.05. The average molecular weight is 331 g/mol. The van der Waals surface area contributed by atoms with E-state index < -0.39 is 0 Å². The highest BCUT2D eigenvalue weighted by Crippen LogP contribution is 2.24. The summed E-state index contributed by atoms with van der Waals surface area (Å²) in [5.74, 6) is 1.48. The molecule has 124 valence electrons. The minimum Gasteiger partial charge on any atom is -0.494 e. The van der Waals surface area contributed by atoms with Crippen LogP contribution in [0.4, 0.5) is 11.6 Å². The smallest absolute Gasteiger partial charge is 0.236 e. The Balaban J connectivity index is 1.76. The second kappa shape index (κ2) is 7.84. The van der Waals surface area contributed by atoms with E-state index >= 15 is 0 Å². The van der Waals surface area contributed by atoms with Gasteiger partial charge in [-0.3, -0.25) is 0 Å². The predicted octanol–water partition coefficient (Wildman–Crippen LogP) is 4.86. The van der Waals surface area contributed by atoms with Crippen LogP contribution in [0.5, 0.6) is 5.75 Å². The first-order valence-electron chi connectivity index (χ1n) is 7.92. The van der Waals surface area contributed by atoms with Gasteiger partial charge in [0.15, 0.2) is 0 Å². The minimum absolute atomic E-state index is 0.210. The van der Waals surface area contributed by atoms with Crippen LogP contribution in [-0.2, 0) is 0 Å². The Morgan fingerprint density at radius 3 is 2.56 bits per heavy atom. The van der Waals surface area contributed by atoms with Crippen LogP contribution in [0.2, 0.25) is 0 Å². The Bertz CT molecular complexity index is 891. The second-order valence-electron chi connectivity index (χ2n) is 5.17. The summed E-state index contributed by atoms with van der Waals surface area (Å²) in [6, 6.07) is 19.3. The molecular weight excluding hydrogens is 314 g/mol. The Morgan fingerprint density at radius 2 is 1.88 bits per heavy atom. The van der Waals surface area contributed by atoms with Gasteiger partial charge in [0, 0.05) is 11.8 Å². The van der Waals surface area contributed by atoms with E-state index in [4.69, 9.17) is 9.15 Å². The molecule has 0 amide bonds. The molecule has 0 fully saturated rings. The van der Waals surface area contributed by atoms with E-state index in [-0.39, 0.29) is 5.69 Å². The molecule has 0 atom stereocenters. The number of rotatable bonds is 6. The summed E-state index contributed by atoms with van der Waals surface area (Å²) < 4.78 is 11.1. The fraction of sp³-hybridized carbons (Fsp3) is 0.100. The molecule has 0 bridgehead atoms. The molecule has 0 radical (unpaired) electrons. The molecule has 2 aromatic carbocycles. The average Bonchev–Trinajstić information content (AvgIpc) is 3.04. The molecule has 0 aliphatic rings. The highest BCUT2D eigenvalue weighted by atomic mass is 16.5. The third kappa shape index (κ3) is 4.27. The summed E-state index contributed by atoms with van der Waals surface area (Å²) in [7, 11) is 0. The number of nitrogens with one attached hydrogen (secondary N) is 1. The Morgan fingerprint density at radius 1 is 1.12 bits per heavy atom. The molecule has 0 saturated carbocycles. The number of aromatic nitrogens is 1. The predicted molar refractivity (Wildman–Crippen MR) is 97.5 cm³/mol. The molecule has 0 unspecified atom stereocenters. The van der Waals surface area contributed by atoms with Crippen molar-refractivity contribution in [2.75, 3.05) is 11.9 Å². The molecule has 0 spiro atoms. The second-order valence-corrected chi connectivity index (χ2v) is 5.17. The monoisotopic (exact) mass is 331 g/mol. The lowest BCUT2D eigenvalue weighted by atomic mass is 10.2. The molecule has 5 nitrogen and oxygen atoms in total. The zero-order valence-electron chi connectivity index (χ0n) is 13.8. The fourth-order valence-corrected chi connectivity index (χ4v) is 2.23. The first-order valence-corrected chi connectivity index (χ1v) is 7.92. The summed E-state index contributed by atoms with van der Waals surface area (Å²) in [4.78, 5) is 4.19. The highest BCUT2D eigenvalue weighted by Gasteiger charge is 2.11. The highest BCUT2D eigenvalue weighted by molar-refractivity contribution is 5.68. The van der Waals surface area contributed by atoms with E-state index in [1.54, 1.807) is 6.08 Å². The summed E-state index contributed by atoms with van der Waals surface area (Å²) in [6.07, 6.45) is 3.62. The summed E-state index contributed by atoms with van der Waals surface area (Å²) in [5, 5.41) is 12.3. The van der Waals surface area contributed by atoms with Crippen molar-refractivity contribution in [2.24, 2.45) is 0 Å². The van der Waals surface area contributed by atoms with Crippen molar-refractivity contribution < 1.29 is 9.15 Å². The molecule has 1 heterocycles. The maximum atomic E-state index is 9.25. The maximum absolute atomic E-state index is 9.25. The first-order chi connectivity index (χ1) is 12.3. The number of ether oxygens (including phenoxy) is 1. The van der Waals surface area contributed by atoms with Gasteiger partial charge in [0.2, 0.25) is 17.5 Å². The Hall–Kier alpha value is -3.52. The van der Waals surface area contributed by atoms with Crippen molar-refractivity contribution in [3.05, 3.63) is 71.7 Å². The number of nitrogens with zero attached hydrogens (tertiary/aromatic N) is 2. The molecule has 1 N–H and O–H groups in total. The quantitative estimate of drug-likeness (QED) is 0.698. The largest absolute Gasteiger partial charge is 0.494 e. The van der Waals surface area contributed by atoms with Crippen LogP contribution in [-0.4, -0.2) is 11.6 Å². The van der Waals surface area contributed by atoms with Crippen LogP contribution in [0, 0.1) is 11.3 Å². The minimum atomic E-state index is 0.210. The molecular formula is C20H17N3O2. The number of oxazole rings is 1. The van der Waals surface area contributed by atoms with E-state index in [1.807, 2.05) is 73.7 Å². The summed E-state index contributed by atoms with van der Waals surface area (Å²) >= 11 is 0. The van der Waals surface area contributed by atoms with Crippen molar-refractivity contribution >= 4 is 23.7 Å².